The molecule has 0 atom stereocenters. The summed E-state index contributed by atoms with van der Waals surface area (Å²) in [5, 5.41) is 9.69. The fraction of sp³-hybridized carbons (Fsp3) is 0.133. The minimum Gasteiger partial charge on any atom is -0.478 e. The van der Waals surface area contributed by atoms with Crippen molar-refractivity contribution < 1.29 is 9.90 Å². The van der Waals surface area contributed by atoms with E-state index in [1.165, 1.54) is 0 Å². The maximum atomic E-state index is 11.3. The minimum absolute atomic E-state index is 0.204. The summed E-state index contributed by atoms with van der Waals surface area (Å²) in [5.41, 5.74) is 1.80. The van der Waals surface area contributed by atoms with Crippen molar-refractivity contribution >= 4 is 39.2 Å². The molecule has 0 bridgehead atoms. The molecule has 5 heteroatoms. The van der Waals surface area contributed by atoms with E-state index in [-0.39, 0.29) is 5.56 Å². The number of carboxylic acids is 1. The van der Waals surface area contributed by atoms with Gasteiger partial charge in [0.25, 0.3) is 0 Å². The molecule has 20 heavy (non-hydrogen) atoms. The standard InChI is InChI=1S/C15H13BrClNO2/c1-18(9-10-4-2-5-11(16)8-10)14-12(15(19)20)6-3-7-13(14)17/h2-8H,9H2,1H3,(H,19,20). The predicted molar refractivity (Wildman–Crippen MR) is 84.7 cm³/mol. The largest absolute Gasteiger partial charge is 0.478 e. The van der Waals surface area contributed by atoms with Crippen LogP contribution in [0.25, 0.3) is 0 Å². The zero-order valence-corrected chi connectivity index (χ0v) is 13.1. The smallest absolute Gasteiger partial charge is 0.337 e. The first kappa shape index (κ1) is 14.9. The molecule has 0 fully saturated rings. The SMILES string of the molecule is CN(Cc1cccc(Br)c1)c1c(Cl)cccc1C(=O)O. The molecule has 0 saturated carbocycles. The van der Waals surface area contributed by atoms with Crippen LogP contribution in [-0.2, 0) is 6.54 Å². The van der Waals surface area contributed by atoms with Crippen molar-refractivity contribution in [3.8, 4) is 0 Å². The molecule has 104 valence electrons. The third kappa shape index (κ3) is 3.32. The Morgan fingerprint density at radius 2 is 2.00 bits per heavy atom. The van der Waals surface area contributed by atoms with Crippen molar-refractivity contribution in [2.24, 2.45) is 0 Å². The summed E-state index contributed by atoms with van der Waals surface area (Å²) >= 11 is 9.57. The van der Waals surface area contributed by atoms with Crippen molar-refractivity contribution in [3.05, 3.63) is 63.1 Å². The second kappa shape index (κ2) is 6.29. The third-order valence-corrected chi connectivity index (χ3v) is 3.71. The molecular weight excluding hydrogens is 342 g/mol. The van der Waals surface area contributed by atoms with E-state index in [0.717, 1.165) is 10.0 Å². The molecular formula is C15H13BrClNO2. The average molecular weight is 355 g/mol. The zero-order valence-electron chi connectivity index (χ0n) is 10.8. The molecule has 0 unspecified atom stereocenters. The Bertz CT molecular complexity index is 646. The van der Waals surface area contributed by atoms with Crippen molar-refractivity contribution in [1.82, 2.24) is 0 Å². The highest BCUT2D eigenvalue weighted by Crippen LogP contribution is 2.30. The van der Waals surface area contributed by atoms with E-state index < -0.39 is 5.97 Å². The van der Waals surface area contributed by atoms with Gasteiger partial charge in [-0.15, -0.1) is 0 Å². The van der Waals surface area contributed by atoms with Crippen LogP contribution in [0.3, 0.4) is 0 Å². The van der Waals surface area contributed by atoms with Crippen molar-refractivity contribution in [2.75, 3.05) is 11.9 Å². The molecule has 3 nitrogen and oxygen atoms in total. The van der Waals surface area contributed by atoms with Gasteiger partial charge in [0.2, 0.25) is 0 Å². The first-order chi connectivity index (χ1) is 9.49. The maximum Gasteiger partial charge on any atom is 0.337 e. The summed E-state index contributed by atoms with van der Waals surface area (Å²) in [6, 6.07) is 12.8. The first-order valence-electron chi connectivity index (χ1n) is 5.96. The molecule has 0 aromatic heterocycles. The molecule has 0 aliphatic carbocycles. The van der Waals surface area contributed by atoms with Crippen LogP contribution in [0.5, 0.6) is 0 Å². The number of nitrogens with zero attached hydrogens (tertiary/aromatic N) is 1. The van der Waals surface area contributed by atoms with E-state index in [9.17, 15) is 9.90 Å². The van der Waals surface area contributed by atoms with E-state index in [2.05, 4.69) is 15.9 Å². The lowest BCUT2D eigenvalue weighted by Crippen LogP contribution is -2.19. The van der Waals surface area contributed by atoms with Crippen LogP contribution in [-0.4, -0.2) is 18.1 Å². The summed E-state index contributed by atoms with van der Waals surface area (Å²) in [6.07, 6.45) is 0. The number of halogens is 2. The van der Waals surface area contributed by atoms with Gasteiger partial charge in [-0.05, 0) is 29.8 Å². The molecule has 0 saturated heterocycles. The van der Waals surface area contributed by atoms with Crippen LogP contribution >= 0.6 is 27.5 Å². The van der Waals surface area contributed by atoms with Crippen LogP contribution < -0.4 is 4.90 Å². The van der Waals surface area contributed by atoms with E-state index in [0.29, 0.717) is 17.3 Å². The Morgan fingerprint density at radius 1 is 1.30 bits per heavy atom. The number of hydrogen-bond donors (Lipinski definition) is 1. The van der Waals surface area contributed by atoms with Gasteiger partial charge in [0.15, 0.2) is 0 Å². The van der Waals surface area contributed by atoms with Gasteiger partial charge < -0.3 is 10.0 Å². The fourth-order valence-corrected chi connectivity index (χ4v) is 2.83. The monoisotopic (exact) mass is 353 g/mol. The average Bonchev–Trinajstić information content (AvgIpc) is 2.38. The van der Waals surface area contributed by atoms with Crippen molar-refractivity contribution in [1.29, 1.82) is 0 Å². The molecule has 0 aliphatic heterocycles. The van der Waals surface area contributed by atoms with Crippen LogP contribution in [0, 0.1) is 0 Å². The molecule has 0 spiro atoms. The van der Waals surface area contributed by atoms with E-state index in [1.54, 1.807) is 18.2 Å². The summed E-state index contributed by atoms with van der Waals surface area (Å²) in [4.78, 5) is 13.1. The lowest BCUT2D eigenvalue weighted by Gasteiger charge is -2.22. The Morgan fingerprint density at radius 3 is 2.65 bits per heavy atom. The Hall–Kier alpha value is -1.52. The molecule has 2 aromatic rings. The highest BCUT2D eigenvalue weighted by atomic mass is 79.9. The number of rotatable bonds is 4. The number of para-hydroxylation sites is 1. The van der Waals surface area contributed by atoms with Crippen LogP contribution in [0.4, 0.5) is 5.69 Å². The molecule has 0 amide bonds. The van der Waals surface area contributed by atoms with Crippen molar-refractivity contribution in [3.63, 3.8) is 0 Å². The second-order valence-electron chi connectivity index (χ2n) is 4.43. The van der Waals surface area contributed by atoms with Gasteiger partial charge in [0, 0.05) is 18.1 Å². The third-order valence-electron chi connectivity index (χ3n) is 2.91. The van der Waals surface area contributed by atoms with E-state index in [1.807, 2.05) is 36.2 Å². The highest BCUT2D eigenvalue weighted by Gasteiger charge is 2.16. The van der Waals surface area contributed by atoms with Gasteiger partial charge in [-0.3, -0.25) is 0 Å². The van der Waals surface area contributed by atoms with Crippen LogP contribution in [0.2, 0.25) is 5.02 Å². The molecule has 0 aliphatic rings. The quantitative estimate of drug-likeness (QED) is 0.882. The highest BCUT2D eigenvalue weighted by molar-refractivity contribution is 9.10. The normalized spacial score (nSPS) is 10.3. The van der Waals surface area contributed by atoms with Gasteiger partial charge in [0.1, 0.15) is 0 Å². The Kier molecular flexibility index (Phi) is 4.68. The van der Waals surface area contributed by atoms with E-state index in [4.69, 9.17) is 11.6 Å². The Balaban J connectivity index is 2.34. The summed E-state index contributed by atoms with van der Waals surface area (Å²) in [7, 11) is 1.83. The van der Waals surface area contributed by atoms with Crippen LogP contribution in [0.15, 0.2) is 46.9 Å². The molecule has 0 heterocycles. The van der Waals surface area contributed by atoms with E-state index >= 15 is 0 Å². The lowest BCUT2D eigenvalue weighted by molar-refractivity contribution is 0.0697. The zero-order chi connectivity index (χ0) is 14.7. The number of anilines is 1. The molecule has 2 aromatic carbocycles. The minimum atomic E-state index is -0.983. The number of hydrogen-bond acceptors (Lipinski definition) is 2. The second-order valence-corrected chi connectivity index (χ2v) is 5.75. The fourth-order valence-electron chi connectivity index (χ4n) is 2.06. The number of carbonyl (C=O) groups is 1. The van der Waals surface area contributed by atoms with Crippen LogP contribution in [0.1, 0.15) is 15.9 Å². The summed E-state index contributed by atoms with van der Waals surface area (Å²) in [6.45, 7) is 0.573. The summed E-state index contributed by atoms with van der Waals surface area (Å²) < 4.78 is 0.987. The molecule has 2 rings (SSSR count). The Labute approximate surface area is 130 Å². The first-order valence-corrected chi connectivity index (χ1v) is 7.13. The van der Waals surface area contributed by atoms with Gasteiger partial charge in [-0.25, -0.2) is 4.79 Å². The molecule has 0 radical (unpaired) electrons. The summed E-state index contributed by atoms with van der Waals surface area (Å²) in [5.74, 6) is -0.983. The number of carboxylic acid groups (broad SMARTS) is 1. The van der Waals surface area contributed by atoms with Gasteiger partial charge in [0.05, 0.1) is 16.3 Å². The number of aromatic carboxylic acids is 1. The molecule has 1 N–H and O–H groups in total. The predicted octanol–water partition coefficient (Wildman–Crippen LogP) is 4.44. The maximum absolute atomic E-state index is 11.3. The van der Waals surface area contributed by atoms with Gasteiger partial charge >= 0.3 is 5.97 Å². The van der Waals surface area contributed by atoms with Gasteiger partial charge in [-0.2, -0.15) is 0 Å². The number of benzene rings is 2. The lowest BCUT2D eigenvalue weighted by atomic mass is 10.1. The van der Waals surface area contributed by atoms with Crippen molar-refractivity contribution in [2.45, 2.75) is 6.54 Å². The topological polar surface area (TPSA) is 40.5 Å². The van der Waals surface area contributed by atoms with Gasteiger partial charge in [-0.1, -0.05) is 45.7 Å².